The fourth-order valence-electron chi connectivity index (χ4n) is 3.27. The zero-order valence-corrected chi connectivity index (χ0v) is 19.9. The van der Waals surface area contributed by atoms with E-state index in [4.69, 9.17) is 0 Å². The van der Waals surface area contributed by atoms with Crippen LogP contribution < -0.4 is 9.62 Å². The van der Waals surface area contributed by atoms with E-state index in [-0.39, 0.29) is 18.2 Å². The minimum Gasteiger partial charge on any atom is -0.342 e. The van der Waals surface area contributed by atoms with Crippen molar-refractivity contribution in [3.8, 4) is 0 Å². The molecule has 0 unspecified atom stereocenters. The van der Waals surface area contributed by atoms with Gasteiger partial charge in [-0.05, 0) is 37.3 Å². The van der Waals surface area contributed by atoms with E-state index in [9.17, 15) is 13.2 Å². The number of carbonyl (C=O) groups is 1. The number of fused-ring (bicyclic) bond motifs is 1. The predicted molar refractivity (Wildman–Crippen MR) is 129 cm³/mol. The first-order valence-corrected chi connectivity index (χ1v) is 12.8. The number of thioether (sulfide) groups is 1. The summed E-state index contributed by atoms with van der Waals surface area (Å²) in [5.74, 6) is 1.21. The van der Waals surface area contributed by atoms with Crippen LogP contribution in [0.15, 0.2) is 53.7 Å². The second-order valence-corrected chi connectivity index (χ2v) is 10.3. The zero-order chi connectivity index (χ0) is 23.6. The van der Waals surface area contributed by atoms with Crippen LogP contribution in [0.4, 0.5) is 11.4 Å². The molecule has 4 rings (SSSR count). The number of carbonyl (C=O) groups excluding carboxylic acids is 1. The molecule has 4 aromatic rings. The van der Waals surface area contributed by atoms with Crippen molar-refractivity contribution in [2.45, 2.75) is 18.6 Å². The lowest BCUT2D eigenvalue weighted by atomic mass is 10.3. The molecule has 10 nitrogen and oxygen atoms in total. The number of sulfonamides is 1. The van der Waals surface area contributed by atoms with Crippen molar-refractivity contribution in [1.82, 2.24) is 24.7 Å². The average molecular weight is 486 g/mol. The van der Waals surface area contributed by atoms with E-state index in [1.807, 2.05) is 25.1 Å². The molecule has 12 heteroatoms. The number of H-pyrrole nitrogens is 1. The van der Waals surface area contributed by atoms with Crippen LogP contribution in [-0.2, 0) is 28.4 Å². The lowest BCUT2D eigenvalue weighted by molar-refractivity contribution is -0.113. The molecule has 0 aliphatic carbocycles. The third kappa shape index (κ3) is 5.34. The molecule has 0 saturated carbocycles. The fraction of sp³-hybridized carbons (Fsp3) is 0.238. The van der Waals surface area contributed by atoms with Gasteiger partial charge in [-0.3, -0.25) is 9.10 Å². The number of nitrogens with one attached hydrogen (secondary N) is 2. The van der Waals surface area contributed by atoms with E-state index in [1.54, 1.807) is 41.9 Å². The van der Waals surface area contributed by atoms with Gasteiger partial charge in [0.25, 0.3) is 0 Å². The Morgan fingerprint density at radius 1 is 1.18 bits per heavy atom. The molecular weight excluding hydrogens is 462 g/mol. The van der Waals surface area contributed by atoms with Crippen LogP contribution >= 0.6 is 11.8 Å². The lowest BCUT2D eigenvalue weighted by Gasteiger charge is -2.21. The molecule has 0 atom stereocenters. The lowest BCUT2D eigenvalue weighted by Crippen LogP contribution is -2.30. The Hall–Kier alpha value is -3.38. The van der Waals surface area contributed by atoms with Gasteiger partial charge in [-0.1, -0.05) is 30.0 Å². The summed E-state index contributed by atoms with van der Waals surface area (Å²) in [7, 11) is -1.78. The van der Waals surface area contributed by atoms with Crippen LogP contribution in [0.1, 0.15) is 11.6 Å². The zero-order valence-electron chi connectivity index (χ0n) is 18.3. The van der Waals surface area contributed by atoms with Gasteiger partial charge in [-0.25, -0.2) is 13.4 Å². The summed E-state index contributed by atoms with van der Waals surface area (Å²) in [5.41, 5.74) is 2.90. The Balaban J connectivity index is 1.41. The number of anilines is 2. The maximum atomic E-state index is 12.4. The van der Waals surface area contributed by atoms with E-state index >= 15 is 0 Å². The number of para-hydroxylation sites is 1. The monoisotopic (exact) mass is 485 g/mol. The minimum atomic E-state index is -3.52. The van der Waals surface area contributed by atoms with E-state index in [0.29, 0.717) is 22.4 Å². The highest BCUT2D eigenvalue weighted by Gasteiger charge is 2.21. The standard InChI is InChI=1S/C21H23N7O3S2/c1-14-22-17-10-9-15(11-18(17)23-14)24-20(29)13-32-21-26-25-19(27(21)2)12-28(33(3,30)31)16-7-5-4-6-8-16/h4-11H,12-13H2,1-3H3,(H,22,23)(H,24,29). The van der Waals surface area contributed by atoms with Crippen LogP contribution in [0, 0.1) is 6.92 Å². The second-order valence-electron chi connectivity index (χ2n) is 7.45. The Morgan fingerprint density at radius 2 is 1.94 bits per heavy atom. The molecule has 2 aromatic carbocycles. The SMILES string of the molecule is Cc1nc2ccc(NC(=O)CSc3nnc(CN(c4ccccc4)S(C)(=O)=O)n3C)cc2[nH]1. The molecular formula is C21H23N7O3S2. The quantitative estimate of drug-likeness (QED) is 0.368. The van der Waals surface area contributed by atoms with Crippen LogP contribution in [-0.4, -0.2) is 51.1 Å². The number of hydrogen-bond acceptors (Lipinski definition) is 7. The third-order valence-electron chi connectivity index (χ3n) is 4.87. The highest BCUT2D eigenvalue weighted by atomic mass is 32.2. The number of aryl methyl sites for hydroxylation is 1. The molecule has 1 amide bonds. The maximum absolute atomic E-state index is 12.4. The van der Waals surface area contributed by atoms with Gasteiger partial charge in [-0.15, -0.1) is 10.2 Å². The molecule has 0 saturated heterocycles. The maximum Gasteiger partial charge on any atom is 0.234 e. The van der Waals surface area contributed by atoms with Gasteiger partial charge in [0.2, 0.25) is 15.9 Å². The van der Waals surface area contributed by atoms with E-state index in [0.717, 1.165) is 23.1 Å². The van der Waals surface area contributed by atoms with Crippen molar-refractivity contribution < 1.29 is 13.2 Å². The number of hydrogen-bond donors (Lipinski definition) is 2. The van der Waals surface area contributed by atoms with Crippen molar-refractivity contribution >= 4 is 50.1 Å². The molecule has 2 heterocycles. The molecule has 0 spiro atoms. The normalized spacial score (nSPS) is 11.6. The Labute approximate surface area is 195 Å². The summed E-state index contributed by atoms with van der Waals surface area (Å²) < 4.78 is 27.6. The van der Waals surface area contributed by atoms with Crippen LogP contribution in [0.2, 0.25) is 0 Å². The number of aromatic amines is 1. The van der Waals surface area contributed by atoms with Gasteiger partial charge in [0.05, 0.1) is 35.3 Å². The first-order chi connectivity index (χ1) is 15.7. The summed E-state index contributed by atoms with van der Waals surface area (Å²) in [6, 6.07) is 14.3. The van der Waals surface area contributed by atoms with Crippen molar-refractivity contribution in [2.75, 3.05) is 21.6 Å². The number of rotatable bonds is 8. The van der Waals surface area contributed by atoms with Crippen molar-refractivity contribution in [3.05, 3.63) is 60.2 Å². The molecule has 33 heavy (non-hydrogen) atoms. The van der Waals surface area contributed by atoms with E-state index < -0.39 is 10.0 Å². The van der Waals surface area contributed by atoms with Gasteiger partial charge in [0.1, 0.15) is 5.82 Å². The molecule has 2 N–H and O–H groups in total. The summed E-state index contributed by atoms with van der Waals surface area (Å²) in [5, 5.41) is 11.6. The number of imidazole rings is 1. The van der Waals surface area contributed by atoms with Gasteiger partial charge in [0.15, 0.2) is 11.0 Å². The number of aromatic nitrogens is 5. The van der Waals surface area contributed by atoms with Gasteiger partial charge in [-0.2, -0.15) is 0 Å². The van der Waals surface area contributed by atoms with Crippen LogP contribution in [0.5, 0.6) is 0 Å². The molecule has 0 aliphatic heterocycles. The largest absolute Gasteiger partial charge is 0.342 e. The second kappa shape index (κ2) is 9.24. The number of benzene rings is 2. The molecule has 172 valence electrons. The highest BCUT2D eigenvalue weighted by Crippen LogP contribution is 2.22. The molecule has 0 fully saturated rings. The van der Waals surface area contributed by atoms with Gasteiger partial charge in [0, 0.05) is 12.7 Å². The smallest absolute Gasteiger partial charge is 0.234 e. The Bertz CT molecular complexity index is 1400. The van der Waals surface area contributed by atoms with E-state index in [1.165, 1.54) is 16.1 Å². The van der Waals surface area contributed by atoms with Crippen LogP contribution in [0.3, 0.4) is 0 Å². The Morgan fingerprint density at radius 3 is 2.67 bits per heavy atom. The summed E-state index contributed by atoms with van der Waals surface area (Å²) >= 11 is 1.22. The summed E-state index contributed by atoms with van der Waals surface area (Å²) in [6.07, 6.45) is 1.15. The van der Waals surface area contributed by atoms with Crippen molar-refractivity contribution in [1.29, 1.82) is 0 Å². The average Bonchev–Trinajstić information content (AvgIpc) is 3.31. The van der Waals surface area contributed by atoms with Gasteiger partial charge < -0.3 is 14.9 Å². The molecule has 0 aliphatic rings. The van der Waals surface area contributed by atoms with Crippen molar-refractivity contribution in [3.63, 3.8) is 0 Å². The summed E-state index contributed by atoms with van der Waals surface area (Å²) in [6.45, 7) is 1.90. The Kier molecular flexibility index (Phi) is 6.38. The summed E-state index contributed by atoms with van der Waals surface area (Å²) in [4.78, 5) is 19.9. The first kappa shape index (κ1) is 22.8. The predicted octanol–water partition coefficient (Wildman–Crippen LogP) is 2.70. The fourth-order valence-corrected chi connectivity index (χ4v) is 4.86. The highest BCUT2D eigenvalue weighted by molar-refractivity contribution is 7.99. The minimum absolute atomic E-state index is 0.0305. The molecule has 0 radical (unpaired) electrons. The van der Waals surface area contributed by atoms with Crippen molar-refractivity contribution in [2.24, 2.45) is 7.05 Å². The number of nitrogens with zero attached hydrogens (tertiary/aromatic N) is 5. The third-order valence-corrected chi connectivity index (χ3v) is 7.03. The van der Waals surface area contributed by atoms with Crippen LogP contribution in [0.25, 0.3) is 11.0 Å². The van der Waals surface area contributed by atoms with E-state index in [2.05, 4.69) is 25.5 Å². The molecule has 0 bridgehead atoms. The van der Waals surface area contributed by atoms with Gasteiger partial charge >= 0.3 is 0 Å². The topological polar surface area (TPSA) is 126 Å². The first-order valence-electron chi connectivity index (χ1n) is 10.0. The molecule has 2 aromatic heterocycles. The number of amides is 1.